The van der Waals surface area contributed by atoms with Crippen LogP contribution in [0.25, 0.3) is 0 Å². The Hall–Kier alpha value is -1.59. The monoisotopic (exact) mass is 327 g/mol. The zero-order valence-corrected chi connectivity index (χ0v) is 13.6. The summed E-state index contributed by atoms with van der Waals surface area (Å²) in [5, 5.41) is 3.29. The zero-order chi connectivity index (χ0) is 15.2. The molecule has 6 heteroatoms. The van der Waals surface area contributed by atoms with Gasteiger partial charge in [0.05, 0.1) is 13.0 Å². The number of rotatable bonds is 5. The van der Waals surface area contributed by atoms with Crippen molar-refractivity contribution in [1.29, 1.82) is 0 Å². The summed E-state index contributed by atoms with van der Waals surface area (Å²) in [6, 6.07) is 9.59. The van der Waals surface area contributed by atoms with Crippen LogP contribution in [0.15, 0.2) is 30.3 Å². The highest BCUT2D eigenvalue weighted by Gasteiger charge is 2.41. The molecule has 0 saturated carbocycles. The minimum Gasteiger partial charge on any atom is -0.466 e. The number of carbonyl (C=O) groups is 2. The van der Waals surface area contributed by atoms with E-state index in [-0.39, 0.29) is 36.8 Å². The standard InChI is InChI=1S/C16H21NO4.ClH/c1-3-20-16(19)15-11(2)21-14(18)9-13(15)17-10-12-7-5-4-6-8-12;/h4-8,11,13,15,17H,3,9-10H2,1-2H3;1H/t11-,13+,15+;/m0./s1. The maximum atomic E-state index is 12.1. The van der Waals surface area contributed by atoms with E-state index < -0.39 is 12.0 Å². The van der Waals surface area contributed by atoms with E-state index in [9.17, 15) is 9.59 Å². The number of carbonyl (C=O) groups excluding carboxylic acids is 2. The number of ether oxygens (including phenoxy) is 2. The van der Waals surface area contributed by atoms with Crippen LogP contribution in [0.2, 0.25) is 0 Å². The van der Waals surface area contributed by atoms with Gasteiger partial charge in [-0.15, -0.1) is 12.4 Å². The maximum absolute atomic E-state index is 12.1. The lowest BCUT2D eigenvalue weighted by atomic mass is 9.89. The Morgan fingerprint density at radius 3 is 2.68 bits per heavy atom. The third-order valence-corrected chi connectivity index (χ3v) is 3.61. The van der Waals surface area contributed by atoms with Crippen LogP contribution in [0.4, 0.5) is 0 Å². The Balaban J connectivity index is 0.00000242. The molecule has 122 valence electrons. The lowest BCUT2D eigenvalue weighted by molar-refractivity contribution is -0.170. The highest BCUT2D eigenvalue weighted by molar-refractivity contribution is 5.85. The molecule has 0 bridgehead atoms. The van der Waals surface area contributed by atoms with Gasteiger partial charge in [-0.2, -0.15) is 0 Å². The van der Waals surface area contributed by atoms with Gasteiger partial charge in [0, 0.05) is 12.6 Å². The Bertz CT molecular complexity index is 494. The van der Waals surface area contributed by atoms with Gasteiger partial charge in [-0.3, -0.25) is 9.59 Å². The van der Waals surface area contributed by atoms with Gasteiger partial charge in [-0.1, -0.05) is 30.3 Å². The molecule has 1 heterocycles. The molecule has 5 nitrogen and oxygen atoms in total. The van der Waals surface area contributed by atoms with Gasteiger partial charge in [-0.05, 0) is 19.4 Å². The van der Waals surface area contributed by atoms with Crippen molar-refractivity contribution in [3.63, 3.8) is 0 Å². The minimum atomic E-state index is -0.474. The van der Waals surface area contributed by atoms with E-state index in [0.717, 1.165) is 5.56 Å². The fourth-order valence-electron chi connectivity index (χ4n) is 2.60. The summed E-state index contributed by atoms with van der Waals surface area (Å²) in [6.07, 6.45) is -0.292. The molecule has 1 aromatic carbocycles. The highest BCUT2D eigenvalue weighted by atomic mass is 35.5. The predicted octanol–water partition coefficient (Wildman–Crippen LogP) is 2.08. The lowest BCUT2D eigenvalue weighted by Crippen LogP contribution is -2.52. The normalized spacial score (nSPS) is 24.1. The van der Waals surface area contributed by atoms with Crippen molar-refractivity contribution in [1.82, 2.24) is 5.32 Å². The number of esters is 2. The molecular formula is C16H22ClNO4. The quantitative estimate of drug-likeness (QED) is 0.839. The van der Waals surface area contributed by atoms with Gasteiger partial charge in [0.2, 0.25) is 0 Å². The topological polar surface area (TPSA) is 64.6 Å². The molecule has 0 amide bonds. The smallest absolute Gasteiger partial charge is 0.314 e. The molecule has 1 aromatic rings. The summed E-state index contributed by atoms with van der Waals surface area (Å²) < 4.78 is 10.3. The van der Waals surface area contributed by atoms with E-state index in [0.29, 0.717) is 13.2 Å². The van der Waals surface area contributed by atoms with Crippen LogP contribution >= 0.6 is 12.4 Å². The van der Waals surface area contributed by atoms with Crippen LogP contribution in [0, 0.1) is 5.92 Å². The maximum Gasteiger partial charge on any atom is 0.314 e. The summed E-state index contributed by atoms with van der Waals surface area (Å²) >= 11 is 0. The van der Waals surface area contributed by atoms with Crippen molar-refractivity contribution < 1.29 is 19.1 Å². The summed E-state index contributed by atoms with van der Waals surface area (Å²) in [4.78, 5) is 23.7. The van der Waals surface area contributed by atoms with E-state index in [2.05, 4.69) is 5.32 Å². The SMILES string of the molecule is CCOC(=O)[C@@H]1[C@H](C)OC(=O)C[C@H]1NCc1ccccc1.Cl. The summed E-state index contributed by atoms with van der Waals surface area (Å²) in [6.45, 7) is 4.42. The Labute approximate surface area is 136 Å². The van der Waals surface area contributed by atoms with Crippen molar-refractivity contribution >= 4 is 24.3 Å². The number of halogens is 1. The Morgan fingerprint density at radius 1 is 1.36 bits per heavy atom. The lowest BCUT2D eigenvalue weighted by Gasteiger charge is -2.34. The molecule has 0 unspecified atom stereocenters. The fraction of sp³-hybridized carbons (Fsp3) is 0.500. The van der Waals surface area contributed by atoms with E-state index in [1.165, 1.54) is 0 Å². The first-order chi connectivity index (χ1) is 10.1. The molecule has 3 atom stereocenters. The van der Waals surface area contributed by atoms with Gasteiger partial charge in [-0.25, -0.2) is 0 Å². The molecule has 0 spiro atoms. The molecule has 2 rings (SSSR count). The van der Waals surface area contributed by atoms with Crippen LogP contribution in [0.5, 0.6) is 0 Å². The Morgan fingerprint density at radius 2 is 2.05 bits per heavy atom. The predicted molar refractivity (Wildman–Crippen MR) is 84.6 cm³/mol. The third-order valence-electron chi connectivity index (χ3n) is 3.61. The minimum absolute atomic E-state index is 0. The van der Waals surface area contributed by atoms with Crippen molar-refractivity contribution in [3.05, 3.63) is 35.9 Å². The van der Waals surface area contributed by atoms with Gasteiger partial charge >= 0.3 is 11.9 Å². The number of hydrogen-bond donors (Lipinski definition) is 1. The number of benzene rings is 1. The second-order valence-corrected chi connectivity index (χ2v) is 5.15. The van der Waals surface area contributed by atoms with Crippen molar-refractivity contribution in [3.8, 4) is 0 Å². The van der Waals surface area contributed by atoms with E-state index in [1.807, 2.05) is 30.3 Å². The van der Waals surface area contributed by atoms with Crippen molar-refractivity contribution in [2.24, 2.45) is 5.92 Å². The first-order valence-corrected chi connectivity index (χ1v) is 7.25. The first kappa shape index (κ1) is 18.5. The van der Waals surface area contributed by atoms with Gasteiger partial charge in [0.25, 0.3) is 0 Å². The van der Waals surface area contributed by atoms with Crippen LogP contribution in [-0.2, 0) is 25.6 Å². The molecule has 1 N–H and O–H groups in total. The van der Waals surface area contributed by atoms with E-state index in [1.54, 1.807) is 13.8 Å². The Kier molecular flexibility index (Phi) is 7.35. The third kappa shape index (κ3) is 4.71. The van der Waals surface area contributed by atoms with Crippen molar-refractivity contribution in [2.45, 2.75) is 39.0 Å². The molecule has 22 heavy (non-hydrogen) atoms. The van der Waals surface area contributed by atoms with Crippen molar-refractivity contribution in [2.75, 3.05) is 6.61 Å². The molecular weight excluding hydrogens is 306 g/mol. The average Bonchev–Trinajstić information content (AvgIpc) is 2.45. The van der Waals surface area contributed by atoms with Gasteiger partial charge in [0.1, 0.15) is 12.0 Å². The molecule has 1 fully saturated rings. The van der Waals surface area contributed by atoms with Gasteiger partial charge in [0.15, 0.2) is 0 Å². The van der Waals surface area contributed by atoms with Crippen LogP contribution < -0.4 is 5.32 Å². The first-order valence-electron chi connectivity index (χ1n) is 7.25. The second kappa shape index (κ2) is 8.76. The average molecular weight is 328 g/mol. The van der Waals surface area contributed by atoms with Gasteiger partial charge < -0.3 is 14.8 Å². The number of nitrogens with one attached hydrogen (secondary N) is 1. The van der Waals surface area contributed by atoms with Crippen LogP contribution in [0.3, 0.4) is 0 Å². The summed E-state index contributed by atoms with van der Waals surface area (Å²) in [7, 11) is 0. The molecule has 1 aliphatic rings. The number of hydrogen-bond acceptors (Lipinski definition) is 5. The molecule has 0 radical (unpaired) electrons. The van der Waals surface area contributed by atoms with Crippen LogP contribution in [0.1, 0.15) is 25.8 Å². The van der Waals surface area contributed by atoms with Crippen LogP contribution in [-0.4, -0.2) is 30.7 Å². The largest absolute Gasteiger partial charge is 0.466 e. The summed E-state index contributed by atoms with van der Waals surface area (Å²) in [5.41, 5.74) is 1.10. The fourth-order valence-corrected chi connectivity index (χ4v) is 2.60. The molecule has 1 saturated heterocycles. The van der Waals surface area contributed by atoms with E-state index in [4.69, 9.17) is 9.47 Å². The molecule has 0 aromatic heterocycles. The summed E-state index contributed by atoms with van der Waals surface area (Å²) in [5.74, 6) is -1.07. The molecule has 1 aliphatic heterocycles. The molecule has 0 aliphatic carbocycles. The highest BCUT2D eigenvalue weighted by Crippen LogP contribution is 2.24. The zero-order valence-electron chi connectivity index (χ0n) is 12.8. The van der Waals surface area contributed by atoms with E-state index >= 15 is 0 Å². The second-order valence-electron chi connectivity index (χ2n) is 5.15. The number of cyclic esters (lactones) is 1.